The van der Waals surface area contributed by atoms with E-state index in [4.69, 9.17) is 0 Å². The molecule has 1 fully saturated rings. The first-order valence-corrected chi connectivity index (χ1v) is 18.9. The molecule has 292 valence electrons. The average Bonchev–Trinajstić information content (AvgIpc) is 3.47. The van der Waals surface area contributed by atoms with Crippen molar-refractivity contribution >= 4 is 23.9 Å². The maximum atomic E-state index is 14.4. The van der Waals surface area contributed by atoms with Gasteiger partial charge in [0.1, 0.15) is 12.1 Å². The van der Waals surface area contributed by atoms with Crippen LogP contribution in [-0.2, 0) is 29.0 Å². The van der Waals surface area contributed by atoms with E-state index in [1.54, 1.807) is 36.8 Å². The van der Waals surface area contributed by atoms with Crippen molar-refractivity contribution in [3.63, 3.8) is 0 Å². The van der Waals surface area contributed by atoms with E-state index in [0.717, 1.165) is 27.3 Å². The number of carbonyl (C=O) groups excluding carboxylic acids is 3. The number of hydrogen-bond donors (Lipinski definition) is 4. The molecule has 6 atom stereocenters. The first-order valence-electron chi connectivity index (χ1n) is 18.9. The van der Waals surface area contributed by atoms with Gasteiger partial charge in [0.25, 0.3) is 0 Å². The van der Waals surface area contributed by atoms with Gasteiger partial charge in [-0.15, -0.1) is 0 Å². The van der Waals surface area contributed by atoms with Crippen LogP contribution in [0.15, 0.2) is 79.0 Å². The van der Waals surface area contributed by atoms with Crippen LogP contribution in [0.5, 0.6) is 0 Å². The van der Waals surface area contributed by atoms with Crippen LogP contribution in [0.2, 0.25) is 0 Å². The fourth-order valence-electron chi connectivity index (χ4n) is 7.26. The van der Waals surface area contributed by atoms with E-state index < -0.39 is 47.7 Å². The predicted molar refractivity (Wildman–Crippen MR) is 209 cm³/mol. The van der Waals surface area contributed by atoms with Crippen molar-refractivity contribution in [2.45, 2.75) is 104 Å². The van der Waals surface area contributed by atoms with E-state index in [9.17, 15) is 29.4 Å². The average molecular weight is 743 g/mol. The number of urea groups is 1. The second-order valence-corrected chi connectivity index (χ2v) is 15.7. The van der Waals surface area contributed by atoms with Crippen molar-refractivity contribution in [1.82, 2.24) is 30.3 Å². The van der Waals surface area contributed by atoms with Gasteiger partial charge in [0.2, 0.25) is 11.8 Å². The largest absolute Gasteiger partial charge is 0.465 e. The number of aryl methyl sites for hydroxylation is 1. The molecular weight excluding hydrogens is 684 g/mol. The summed E-state index contributed by atoms with van der Waals surface area (Å²) in [6, 6.07) is 19.6. The highest BCUT2D eigenvalue weighted by Crippen LogP contribution is 2.26. The molecule has 54 heavy (non-hydrogen) atoms. The SMILES string of the molecule is CCC(C)[C@@H](C(=O)N[C@@H](Cc1ccccc1)C[C@H](O)[C@H](Cc1ccccc1)NC(=O)[C@@H](N(C)C(=O)O)C(C)(C)C)N1CCN(Cc2ccc(C)nc2)C1=O. The second-order valence-electron chi connectivity index (χ2n) is 15.7. The van der Waals surface area contributed by atoms with Crippen molar-refractivity contribution < 1.29 is 29.4 Å². The third-order valence-corrected chi connectivity index (χ3v) is 10.3. The molecule has 12 nitrogen and oxygen atoms in total. The molecule has 1 aliphatic heterocycles. The Kier molecular flexibility index (Phi) is 14.6. The van der Waals surface area contributed by atoms with Crippen molar-refractivity contribution in [2.24, 2.45) is 11.3 Å². The third kappa shape index (κ3) is 11.3. The van der Waals surface area contributed by atoms with Gasteiger partial charge in [-0.25, -0.2) is 9.59 Å². The summed E-state index contributed by atoms with van der Waals surface area (Å²) < 4.78 is 0. The molecule has 1 aliphatic rings. The molecule has 5 amide bonds. The van der Waals surface area contributed by atoms with Crippen LogP contribution < -0.4 is 10.6 Å². The Balaban J connectivity index is 1.60. The van der Waals surface area contributed by atoms with Gasteiger partial charge >= 0.3 is 12.1 Å². The summed E-state index contributed by atoms with van der Waals surface area (Å²) in [7, 11) is 1.36. The number of likely N-dealkylation sites (N-methyl/N-ethyl adjacent to an activating group) is 1. The van der Waals surface area contributed by atoms with E-state index in [-0.39, 0.29) is 30.7 Å². The van der Waals surface area contributed by atoms with Gasteiger partial charge in [-0.05, 0) is 60.3 Å². The number of carbonyl (C=O) groups is 4. The minimum absolute atomic E-state index is 0.0844. The lowest BCUT2D eigenvalue weighted by atomic mass is 9.84. The van der Waals surface area contributed by atoms with Crippen LogP contribution in [0, 0.1) is 18.3 Å². The maximum Gasteiger partial charge on any atom is 0.407 e. The summed E-state index contributed by atoms with van der Waals surface area (Å²) in [5.74, 6) is -0.974. The summed E-state index contributed by atoms with van der Waals surface area (Å²) in [4.78, 5) is 62.8. The monoisotopic (exact) mass is 742 g/mol. The number of amides is 5. The zero-order valence-electron chi connectivity index (χ0n) is 32.7. The van der Waals surface area contributed by atoms with Crippen LogP contribution in [0.1, 0.15) is 69.8 Å². The van der Waals surface area contributed by atoms with E-state index >= 15 is 0 Å². The summed E-state index contributed by atoms with van der Waals surface area (Å²) in [6.07, 6.45) is 0.825. The van der Waals surface area contributed by atoms with Gasteiger partial charge < -0.3 is 30.6 Å². The number of nitrogens with one attached hydrogen (secondary N) is 2. The highest BCUT2D eigenvalue weighted by atomic mass is 16.4. The van der Waals surface area contributed by atoms with Crippen molar-refractivity contribution in [3.8, 4) is 0 Å². The number of aliphatic hydroxyl groups excluding tert-OH is 1. The molecule has 4 N–H and O–H groups in total. The number of rotatable bonds is 17. The number of hydrogen-bond acceptors (Lipinski definition) is 6. The lowest BCUT2D eigenvalue weighted by Crippen LogP contribution is -2.58. The number of aromatic nitrogens is 1. The van der Waals surface area contributed by atoms with Gasteiger partial charge in [0, 0.05) is 44.6 Å². The first-order chi connectivity index (χ1) is 25.6. The van der Waals surface area contributed by atoms with E-state index in [0.29, 0.717) is 32.5 Å². The Bertz CT molecular complexity index is 1680. The predicted octanol–water partition coefficient (Wildman–Crippen LogP) is 5.27. The minimum atomic E-state index is -1.24. The highest BCUT2D eigenvalue weighted by molar-refractivity contribution is 5.88. The quantitative estimate of drug-likeness (QED) is 0.147. The summed E-state index contributed by atoms with van der Waals surface area (Å²) in [5.41, 5.74) is 2.89. The number of pyridine rings is 1. The van der Waals surface area contributed by atoms with Gasteiger partial charge in [-0.3, -0.25) is 19.5 Å². The first kappa shape index (κ1) is 41.8. The molecule has 1 aromatic heterocycles. The molecule has 3 aromatic rings. The molecule has 4 rings (SSSR count). The van der Waals surface area contributed by atoms with Crippen LogP contribution in [0.25, 0.3) is 0 Å². The lowest BCUT2D eigenvalue weighted by Gasteiger charge is -2.37. The molecule has 0 bridgehead atoms. The topological polar surface area (TPSA) is 155 Å². The zero-order chi connectivity index (χ0) is 39.6. The molecular formula is C42H58N6O6. The lowest BCUT2D eigenvalue weighted by molar-refractivity contribution is -0.131. The van der Waals surface area contributed by atoms with Gasteiger partial charge in [-0.2, -0.15) is 0 Å². The maximum absolute atomic E-state index is 14.4. The van der Waals surface area contributed by atoms with Crippen LogP contribution in [0.4, 0.5) is 9.59 Å². The molecule has 1 unspecified atom stereocenters. The standard InChI is InChI=1S/C42H58N6O6/c1-8-28(2)36(48-22-21-47(40(48)52)27-32-20-19-29(3)43-26-32)38(50)44-33(23-30-15-11-9-12-16-30)25-35(49)34(24-31-17-13-10-14-18-31)45-39(51)37(42(4,5)6)46(7)41(53)54/h9-20,26,28,33-37,49H,8,21-25,27H2,1-7H3,(H,44,50)(H,45,51)(H,53,54)/t28?,33-,34-,35-,36-,37+/m0/s1. The number of nitrogens with zero attached hydrogens (tertiary/aromatic N) is 4. The zero-order valence-corrected chi connectivity index (χ0v) is 32.7. The van der Waals surface area contributed by atoms with Crippen molar-refractivity contribution in [1.29, 1.82) is 0 Å². The fourth-order valence-corrected chi connectivity index (χ4v) is 7.26. The molecule has 0 saturated carbocycles. The smallest absolute Gasteiger partial charge is 0.407 e. The highest BCUT2D eigenvalue weighted by Gasteiger charge is 2.42. The van der Waals surface area contributed by atoms with Gasteiger partial charge in [0.05, 0.1) is 12.1 Å². The van der Waals surface area contributed by atoms with Crippen LogP contribution >= 0.6 is 0 Å². The summed E-state index contributed by atoms with van der Waals surface area (Å²) >= 11 is 0. The normalized spacial score (nSPS) is 16.6. The summed E-state index contributed by atoms with van der Waals surface area (Å²) in [5, 5.41) is 28.0. The Morgan fingerprint density at radius 3 is 2.04 bits per heavy atom. The van der Waals surface area contributed by atoms with E-state index in [2.05, 4.69) is 15.6 Å². The third-order valence-electron chi connectivity index (χ3n) is 10.3. The molecule has 0 spiro atoms. The Labute approximate surface area is 319 Å². The van der Waals surface area contributed by atoms with Gasteiger partial charge in [0.15, 0.2) is 0 Å². The van der Waals surface area contributed by atoms with Crippen molar-refractivity contribution in [3.05, 3.63) is 101 Å². The Morgan fingerprint density at radius 2 is 1.50 bits per heavy atom. The van der Waals surface area contributed by atoms with E-state index in [1.807, 2.05) is 93.6 Å². The van der Waals surface area contributed by atoms with Crippen LogP contribution in [-0.4, -0.2) is 104 Å². The molecule has 1 saturated heterocycles. The number of aliphatic hydroxyl groups is 1. The Hall–Kier alpha value is -4.97. The minimum Gasteiger partial charge on any atom is -0.465 e. The van der Waals surface area contributed by atoms with Crippen LogP contribution in [0.3, 0.4) is 0 Å². The molecule has 0 aliphatic carbocycles. The second kappa shape index (κ2) is 18.9. The fraction of sp³-hybridized carbons (Fsp3) is 0.500. The number of benzene rings is 2. The molecule has 2 aromatic carbocycles. The molecule has 0 radical (unpaired) electrons. The van der Waals surface area contributed by atoms with Gasteiger partial charge in [-0.1, -0.05) is 108 Å². The van der Waals surface area contributed by atoms with Crippen molar-refractivity contribution in [2.75, 3.05) is 20.1 Å². The molecule has 2 heterocycles. The summed E-state index contributed by atoms with van der Waals surface area (Å²) in [6.45, 7) is 12.5. The number of carboxylic acid groups (broad SMARTS) is 1. The van der Waals surface area contributed by atoms with E-state index in [1.165, 1.54) is 7.05 Å². The molecule has 12 heteroatoms. The Morgan fingerprint density at radius 1 is 0.889 bits per heavy atom.